The lowest BCUT2D eigenvalue weighted by molar-refractivity contribution is 0.414. The van der Waals surface area contributed by atoms with Crippen LogP contribution in [0, 0.1) is 6.92 Å². The molecule has 0 unspecified atom stereocenters. The summed E-state index contributed by atoms with van der Waals surface area (Å²) in [4.78, 5) is -0.255. The van der Waals surface area contributed by atoms with Gasteiger partial charge in [0, 0.05) is 5.02 Å². The van der Waals surface area contributed by atoms with Gasteiger partial charge in [-0.2, -0.15) is 8.42 Å². The van der Waals surface area contributed by atoms with Crippen molar-refractivity contribution in [3.63, 3.8) is 0 Å². The van der Waals surface area contributed by atoms with Crippen LogP contribution in [0.5, 0.6) is 0 Å². The Kier molecular flexibility index (Phi) is 2.41. The molecule has 1 aromatic rings. The number of benzene rings is 1. The molecule has 0 heterocycles. The van der Waals surface area contributed by atoms with Crippen LogP contribution >= 0.6 is 11.6 Å². The second kappa shape index (κ2) is 3.05. The van der Waals surface area contributed by atoms with Gasteiger partial charge in [0.2, 0.25) is 0 Å². The standard InChI is InChI=1S/C7H6ClO3S/c1-5-6(8)3-2-4-7(5)12(9,10)11/h2-4H,1H3. The van der Waals surface area contributed by atoms with Gasteiger partial charge in [0.05, 0.1) is 0 Å². The zero-order valence-corrected chi connectivity index (χ0v) is 7.82. The van der Waals surface area contributed by atoms with E-state index in [9.17, 15) is 13.0 Å². The molecular weight excluding hydrogens is 200 g/mol. The predicted molar refractivity (Wildman–Crippen MR) is 44.1 cm³/mol. The minimum absolute atomic E-state index is 0.255. The van der Waals surface area contributed by atoms with Crippen LogP contribution in [0.4, 0.5) is 0 Å². The SMILES string of the molecule is Cc1c(Cl)cccc1S([O])(=O)=O. The van der Waals surface area contributed by atoms with Gasteiger partial charge in [-0.1, -0.05) is 22.2 Å². The molecule has 0 bridgehead atoms. The van der Waals surface area contributed by atoms with Gasteiger partial charge in [-0.05, 0) is 24.6 Å². The Balaban J connectivity index is 3.47. The van der Waals surface area contributed by atoms with Crippen LogP contribution in [0.3, 0.4) is 0 Å². The molecule has 0 aliphatic carbocycles. The van der Waals surface area contributed by atoms with E-state index in [1.54, 1.807) is 0 Å². The van der Waals surface area contributed by atoms with Crippen LogP contribution in [0.25, 0.3) is 0 Å². The van der Waals surface area contributed by atoms with Gasteiger partial charge < -0.3 is 0 Å². The molecule has 0 saturated carbocycles. The van der Waals surface area contributed by atoms with Crippen molar-refractivity contribution in [2.24, 2.45) is 0 Å². The Morgan fingerprint density at radius 3 is 2.33 bits per heavy atom. The molecule has 0 atom stereocenters. The average molecular weight is 206 g/mol. The predicted octanol–water partition coefficient (Wildman–Crippen LogP) is 1.77. The number of hydrogen-bond acceptors (Lipinski definition) is 2. The van der Waals surface area contributed by atoms with Crippen LogP contribution in [0.2, 0.25) is 5.02 Å². The smallest absolute Gasteiger partial charge is 0.192 e. The molecule has 0 aliphatic heterocycles. The quantitative estimate of drug-likeness (QED) is 0.702. The first-order chi connectivity index (χ1) is 5.43. The van der Waals surface area contributed by atoms with E-state index in [1.165, 1.54) is 25.1 Å². The number of rotatable bonds is 1. The summed E-state index contributed by atoms with van der Waals surface area (Å²) in [5, 5.41) is 0.284. The summed E-state index contributed by atoms with van der Waals surface area (Å²) in [5.74, 6) is 0. The monoisotopic (exact) mass is 205 g/mol. The van der Waals surface area contributed by atoms with E-state index in [1.807, 2.05) is 0 Å². The third-order valence-corrected chi connectivity index (χ3v) is 2.88. The Morgan fingerprint density at radius 2 is 1.92 bits per heavy atom. The summed E-state index contributed by atoms with van der Waals surface area (Å²) in [6.45, 7) is 1.49. The molecule has 0 aliphatic rings. The molecule has 12 heavy (non-hydrogen) atoms. The molecule has 5 heteroatoms. The van der Waals surface area contributed by atoms with Crippen molar-refractivity contribution in [1.29, 1.82) is 0 Å². The van der Waals surface area contributed by atoms with Crippen molar-refractivity contribution in [1.82, 2.24) is 0 Å². The molecule has 0 fully saturated rings. The van der Waals surface area contributed by atoms with Gasteiger partial charge in [0.15, 0.2) is 0 Å². The van der Waals surface area contributed by atoms with Crippen LogP contribution in [0.1, 0.15) is 5.56 Å². The van der Waals surface area contributed by atoms with E-state index in [-0.39, 0.29) is 9.92 Å². The molecule has 0 spiro atoms. The zero-order chi connectivity index (χ0) is 9.35. The molecule has 65 valence electrons. The maximum absolute atomic E-state index is 10.6. The maximum atomic E-state index is 10.6. The summed E-state index contributed by atoms with van der Waals surface area (Å²) in [6.07, 6.45) is 0. The molecule has 1 aromatic carbocycles. The number of halogens is 1. The summed E-state index contributed by atoms with van der Waals surface area (Å²) >= 11 is 5.62. The summed E-state index contributed by atoms with van der Waals surface area (Å²) < 4.78 is 31.8. The Bertz CT molecular complexity index is 397. The molecule has 1 rings (SSSR count). The van der Waals surface area contributed by atoms with Gasteiger partial charge in [0.1, 0.15) is 4.90 Å². The Labute approximate surface area is 75.7 Å². The number of hydrogen-bond donors (Lipinski definition) is 0. The fraction of sp³-hybridized carbons (Fsp3) is 0.143. The van der Waals surface area contributed by atoms with E-state index in [4.69, 9.17) is 11.6 Å². The van der Waals surface area contributed by atoms with Crippen molar-refractivity contribution in [3.05, 3.63) is 28.8 Å². The van der Waals surface area contributed by atoms with Crippen LogP contribution in [0.15, 0.2) is 23.1 Å². The van der Waals surface area contributed by atoms with E-state index in [0.717, 1.165) is 0 Å². The van der Waals surface area contributed by atoms with Crippen molar-refractivity contribution >= 4 is 21.7 Å². The summed E-state index contributed by atoms with van der Waals surface area (Å²) in [6, 6.07) is 4.20. The summed E-state index contributed by atoms with van der Waals surface area (Å²) in [7, 11) is -4.39. The molecule has 0 N–H and O–H groups in total. The van der Waals surface area contributed by atoms with Crippen molar-refractivity contribution in [2.45, 2.75) is 11.8 Å². The largest absolute Gasteiger partial charge is 0.324 e. The molecule has 1 radical (unpaired) electrons. The van der Waals surface area contributed by atoms with Gasteiger partial charge in [-0.3, -0.25) is 0 Å². The van der Waals surface area contributed by atoms with Crippen LogP contribution in [-0.4, -0.2) is 8.42 Å². The topological polar surface area (TPSA) is 54.0 Å². The van der Waals surface area contributed by atoms with Crippen LogP contribution in [-0.2, 0) is 14.7 Å². The van der Waals surface area contributed by atoms with E-state index in [0.29, 0.717) is 5.56 Å². The first-order valence-electron chi connectivity index (χ1n) is 3.14. The molecular formula is C7H6ClO3S. The lowest BCUT2D eigenvalue weighted by Gasteiger charge is -2.01. The first-order valence-corrected chi connectivity index (χ1v) is 4.92. The fourth-order valence-corrected chi connectivity index (χ4v) is 1.82. The fourth-order valence-electron chi connectivity index (χ4n) is 0.859. The molecule has 0 aromatic heterocycles. The van der Waals surface area contributed by atoms with Crippen LogP contribution < -0.4 is 0 Å². The molecule has 3 nitrogen and oxygen atoms in total. The molecule has 0 saturated heterocycles. The van der Waals surface area contributed by atoms with E-state index in [2.05, 4.69) is 0 Å². The highest BCUT2D eigenvalue weighted by molar-refractivity contribution is 7.85. The van der Waals surface area contributed by atoms with Gasteiger partial charge >= 0.3 is 10.1 Å². The highest BCUT2D eigenvalue weighted by Crippen LogP contribution is 2.22. The van der Waals surface area contributed by atoms with Gasteiger partial charge in [0.25, 0.3) is 0 Å². The first kappa shape index (κ1) is 9.51. The lowest BCUT2D eigenvalue weighted by Crippen LogP contribution is -1.98. The lowest BCUT2D eigenvalue weighted by atomic mass is 10.2. The van der Waals surface area contributed by atoms with E-state index < -0.39 is 10.1 Å². The second-order valence-electron chi connectivity index (χ2n) is 2.32. The van der Waals surface area contributed by atoms with Crippen molar-refractivity contribution in [2.75, 3.05) is 0 Å². The maximum Gasteiger partial charge on any atom is 0.324 e. The van der Waals surface area contributed by atoms with E-state index >= 15 is 0 Å². The summed E-state index contributed by atoms with van der Waals surface area (Å²) in [5.41, 5.74) is 0.300. The van der Waals surface area contributed by atoms with Crippen molar-refractivity contribution < 1.29 is 13.0 Å². The van der Waals surface area contributed by atoms with Gasteiger partial charge in [-0.25, -0.2) is 0 Å². The highest BCUT2D eigenvalue weighted by Gasteiger charge is 2.15. The third kappa shape index (κ3) is 1.77. The zero-order valence-electron chi connectivity index (χ0n) is 6.24. The Hall–Kier alpha value is -0.580. The minimum Gasteiger partial charge on any atom is -0.192 e. The Morgan fingerprint density at radius 1 is 1.33 bits per heavy atom. The molecule has 0 amide bonds. The minimum atomic E-state index is -4.39. The third-order valence-electron chi connectivity index (χ3n) is 1.49. The second-order valence-corrected chi connectivity index (χ2v) is 4.07. The highest BCUT2D eigenvalue weighted by atomic mass is 35.5. The normalized spacial score (nSPS) is 11.6. The van der Waals surface area contributed by atoms with Gasteiger partial charge in [-0.15, -0.1) is 0 Å². The average Bonchev–Trinajstić information content (AvgIpc) is 1.92. The van der Waals surface area contributed by atoms with Crippen molar-refractivity contribution in [3.8, 4) is 0 Å².